The number of benzene rings is 2. The second-order valence-electron chi connectivity index (χ2n) is 5.03. The highest BCUT2D eigenvalue weighted by molar-refractivity contribution is 6.34. The summed E-state index contributed by atoms with van der Waals surface area (Å²) in [6.07, 6.45) is 1.71. The van der Waals surface area contributed by atoms with Crippen LogP contribution in [0.25, 0.3) is 6.08 Å². The van der Waals surface area contributed by atoms with E-state index in [4.69, 9.17) is 11.6 Å². The van der Waals surface area contributed by atoms with Crippen LogP contribution in [0, 0.1) is 5.82 Å². The molecule has 0 saturated carbocycles. The Hall–Kier alpha value is -2.13. The molecule has 0 aromatic heterocycles. The molecule has 2 nitrogen and oxygen atoms in total. The highest BCUT2D eigenvalue weighted by atomic mass is 35.5. The monoisotopic (exact) mass is 301 g/mol. The van der Waals surface area contributed by atoms with Gasteiger partial charge in [0, 0.05) is 13.1 Å². The zero-order chi connectivity index (χ0) is 15.0. The molecular formula is C17H13ClFNO. The van der Waals surface area contributed by atoms with Crippen molar-refractivity contribution in [3.05, 3.63) is 76.1 Å². The van der Waals surface area contributed by atoms with Crippen LogP contribution in [-0.2, 0) is 13.1 Å². The number of fused-ring (bicyclic) bond motifs is 1. The second kappa shape index (κ2) is 5.34. The summed E-state index contributed by atoms with van der Waals surface area (Å²) < 4.78 is 12.9. The molecule has 1 heterocycles. The standard InChI is InChI=1S/C17H13ClFNO/c1-2-11-7-13-10-20(17(21)16(13)15(18)8-11)9-12-3-5-14(19)6-4-12/h2-8H,1,9-10H2. The minimum absolute atomic E-state index is 0.0880. The van der Waals surface area contributed by atoms with E-state index in [2.05, 4.69) is 6.58 Å². The van der Waals surface area contributed by atoms with Gasteiger partial charge in [0.05, 0.1) is 10.6 Å². The highest BCUT2D eigenvalue weighted by Gasteiger charge is 2.29. The van der Waals surface area contributed by atoms with E-state index in [1.165, 1.54) is 12.1 Å². The fourth-order valence-electron chi connectivity index (χ4n) is 2.54. The van der Waals surface area contributed by atoms with E-state index in [0.717, 1.165) is 16.7 Å². The first-order valence-corrected chi connectivity index (χ1v) is 6.95. The lowest BCUT2D eigenvalue weighted by molar-refractivity contribution is 0.0767. The van der Waals surface area contributed by atoms with Gasteiger partial charge >= 0.3 is 0 Å². The van der Waals surface area contributed by atoms with Gasteiger partial charge in [-0.1, -0.05) is 36.4 Å². The number of rotatable bonds is 3. The molecule has 0 saturated heterocycles. The molecule has 0 radical (unpaired) electrons. The summed E-state index contributed by atoms with van der Waals surface area (Å²) in [7, 11) is 0. The smallest absolute Gasteiger partial charge is 0.256 e. The molecule has 106 valence electrons. The number of hydrogen-bond donors (Lipinski definition) is 0. The molecule has 0 bridgehead atoms. The highest BCUT2D eigenvalue weighted by Crippen LogP contribution is 2.31. The van der Waals surface area contributed by atoms with Crippen LogP contribution in [0.15, 0.2) is 43.0 Å². The Balaban J connectivity index is 1.88. The third-order valence-electron chi connectivity index (χ3n) is 3.58. The molecule has 0 N–H and O–H groups in total. The zero-order valence-electron chi connectivity index (χ0n) is 11.3. The van der Waals surface area contributed by atoms with Crippen molar-refractivity contribution in [2.75, 3.05) is 0 Å². The number of amides is 1. The molecule has 0 unspecified atom stereocenters. The largest absolute Gasteiger partial charge is 0.330 e. The third-order valence-corrected chi connectivity index (χ3v) is 3.88. The summed E-state index contributed by atoms with van der Waals surface area (Å²) in [5.74, 6) is -0.372. The average molecular weight is 302 g/mol. The van der Waals surface area contributed by atoms with Crippen molar-refractivity contribution >= 4 is 23.6 Å². The van der Waals surface area contributed by atoms with Crippen molar-refractivity contribution in [2.24, 2.45) is 0 Å². The van der Waals surface area contributed by atoms with E-state index < -0.39 is 0 Å². The summed E-state index contributed by atoms with van der Waals surface area (Å²) >= 11 is 6.19. The Morgan fingerprint density at radius 1 is 1.29 bits per heavy atom. The lowest BCUT2D eigenvalue weighted by Crippen LogP contribution is -2.23. The van der Waals surface area contributed by atoms with E-state index >= 15 is 0 Å². The zero-order valence-corrected chi connectivity index (χ0v) is 12.0. The van der Waals surface area contributed by atoms with E-state index in [0.29, 0.717) is 23.7 Å². The van der Waals surface area contributed by atoms with Crippen LogP contribution in [0.1, 0.15) is 27.0 Å². The van der Waals surface area contributed by atoms with E-state index in [1.807, 2.05) is 6.07 Å². The van der Waals surface area contributed by atoms with Crippen molar-refractivity contribution in [3.8, 4) is 0 Å². The van der Waals surface area contributed by atoms with E-state index in [-0.39, 0.29) is 11.7 Å². The lowest BCUT2D eigenvalue weighted by atomic mass is 10.1. The van der Waals surface area contributed by atoms with E-state index in [9.17, 15) is 9.18 Å². The van der Waals surface area contributed by atoms with Crippen molar-refractivity contribution in [1.82, 2.24) is 4.90 Å². The maximum Gasteiger partial charge on any atom is 0.256 e. The number of carbonyl (C=O) groups is 1. The Morgan fingerprint density at radius 3 is 2.67 bits per heavy atom. The summed E-state index contributed by atoms with van der Waals surface area (Å²) in [4.78, 5) is 14.1. The van der Waals surface area contributed by atoms with Crippen LogP contribution in [0.4, 0.5) is 4.39 Å². The molecule has 0 atom stereocenters. The first kappa shape index (κ1) is 13.8. The predicted octanol–water partition coefficient (Wildman–Crippen LogP) is 4.28. The van der Waals surface area contributed by atoms with Gasteiger partial charge in [-0.2, -0.15) is 0 Å². The average Bonchev–Trinajstić information content (AvgIpc) is 2.78. The van der Waals surface area contributed by atoms with Crippen LogP contribution in [-0.4, -0.2) is 10.8 Å². The normalized spacial score (nSPS) is 13.4. The Morgan fingerprint density at radius 2 is 2.00 bits per heavy atom. The van der Waals surface area contributed by atoms with Gasteiger partial charge in [-0.25, -0.2) is 4.39 Å². The Kier molecular flexibility index (Phi) is 3.52. The fraction of sp³-hybridized carbons (Fsp3) is 0.118. The molecule has 1 aliphatic heterocycles. The van der Waals surface area contributed by atoms with Crippen LogP contribution in [0.3, 0.4) is 0 Å². The van der Waals surface area contributed by atoms with E-state index in [1.54, 1.807) is 29.2 Å². The molecule has 1 amide bonds. The maximum atomic E-state index is 12.9. The van der Waals surface area contributed by atoms with Crippen molar-refractivity contribution in [3.63, 3.8) is 0 Å². The Bertz CT molecular complexity index is 724. The number of halogens is 2. The van der Waals surface area contributed by atoms with Gasteiger partial charge in [0.15, 0.2) is 0 Å². The van der Waals surface area contributed by atoms with Gasteiger partial charge in [0.1, 0.15) is 5.82 Å². The minimum atomic E-state index is -0.284. The molecule has 0 spiro atoms. The Labute approximate surface area is 127 Å². The van der Waals surface area contributed by atoms with Crippen molar-refractivity contribution in [1.29, 1.82) is 0 Å². The molecule has 4 heteroatoms. The maximum absolute atomic E-state index is 12.9. The topological polar surface area (TPSA) is 20.3 Å². The van der Waals surface area contributed by atoms with Crippen LogP contribution >= 0.6 is 11.6 Å². The molecule has 2 aromatic carbocycles. The molecule has 0 aliphatic carbocycles. The summed E-state index contributed by atoms with van der Waals surface area (Å²) in [6.45, 7) is 4.66. The molecule has 2 aromatic rings. The number of hydrogen-bond acceptors (Lipinski definition) is 1. The molecular weight excluding hydrogens is 289 g/mol. The summed E-state index contributed by atoms with van der Waals surface area (Å²) in [6, 6.07) is 9.83. The fourth-order valence-corrected chi connectivity index (χ4v) is 2.87. The van der Waals surface area contributed by atoms with Crippen LogP contribution < -0.4 is 0 Å². The van der Waals surface area contributed by atoms with Gasteiger partial charge in [-0.3, -0.25) is 4.79 Å². The summed E-state index contributed by atoms with van der Waals surface area (Å²) in [5.41, 5.74) is 3.25. The first-order chi connectivity index (χ1) is 10.1. The van der Waals surface area contributed by atoms with Gasteiger partial charge < -0.3 is 4.90 Å². The van der Waals surface area contributed by atoms with Gasteiger partial charge in [0.2, 0.25) is 0 Å². The SMILES string of the molecule is C=Cc1cc(Cl)c2c(c1)CN(Cc1ccc(F)cc1)C2=O. The second-order valence-corrected chi connectivity index (χ2v) is 5.44. The third kappa shape index (κ3) is 2.57. The number of nitrogens with zero attached hydrogens (tertiary/aromatic N) is 1. The summed E-state index contributed by atoms with van der Waals surface area (Å²) in [5, 5.41) is 0.453. The molecule has 21 heavy (non-hydrogen) atoms. The van der Waals surface area contributed by atoms with Crippen molar-refractivity contribution < 1.29 is 9.18 Å². The van der Waals surface area contributed by atoms with Gasteiger partial charge in [0.25, 0.3) is 5.91 Å². The van der Waals surface area contributed by atoms with Gasteiger partial charge in [-0.15, -0.1) is 0 Å². The molecule has 3 rings (SSSR count). The quantitative estimate of drug-likeness (QED) is 0.828. The van der Waals surface area contributed by atoms with Crippen LogP contribution in [0.5, 0.6) is 0 Å². The molecule has 0 fully saturated rings. The lowest BCUT2D eigenvalue weighted by Gasteiger charge is -2.15. The van der Waals surface area contributed by atoms with Crippen LogP contribution in [0.2, 0.25) is 5.02 Å². The predicted molar refractivity (Wildman–Crippen MR) is 81.5 cm³/mol. The molecule has 1 aliphatic rings. The van der Waals surface area contributed by atoms with Crippen molar-refractivity contribution in [2.45, 2.75) is 13.1 Å². The first-order valence-electron chi connectivity index (χ1n) is 6.57. The number of carbonyl (C=O) groups excluding carboxylic acids is 1. The minimum Gasteiger partial charge on any atom is -0.330 e. The van der Waals surface area contributed by atoms with Gasteiger partial charge in [-0.05, 0) is 41.0 Å².